The molecule has 0 saturated carbocycles. The number of carbonyl (C=O) groups excluding carboxylic acids is 3. The Morgan fingerprint density at radius 1 is 1.16 bits per heavy atom. The molecule has 2 N–H and O–H groups in total. The number of benzene rings is 1. The van der Waals surface area contributed by atoms with Gasteiger partial charge in [0.15, 0.2) is 0 Å². The molecule has 0 spiro atoms. The molecule has 4 rings (SSSR count). The van der Waals surface area contributed by atoms with Crippen LogP contribution >= 0.6 is 0 Å². The first kappa shape index (κ1) is 16.3. The van der Waals surface area contributed by atoms with Gasteiger partial charge in [0.05, 0.1) is 0 Å². The number of nitrogens with one attached hydrogen (secondary N) is 2. The van der Waals surface area contributed by atoms with Crippen LogP contribution in [0.2, 0.25) is 0 Å². The smallest absolute Gasteiger partial charge is 0.255 e. The minimum Gasteiger partial charge on any atom is -0.320 e. The van der Waals surface area contributed by atoms with Gasteiger partial charge in [-0.3, -0.25) is 19.7 Å². The molecule has 2 saturated heterocycles. The van der Waals surface area contributed by atoms with E-state index in [1.807, 2.05) is 12.1 Å². The van der Waals surface area contributed by atoms with Gasteiger partial charge < -0.3 is 10.2 Å². The Hall–Kier alpha value is -2.21. The van der Waals surface area contributed by atoms with Crippen LogP contribution in [0.5, 0.6) is 0 Å². The summed E-state index contributed by atoms with van der Waals surface area (Å²) in [5.74, 6) is -0.249. The topological polar surface area (TPSA) is 78.5 Å². The monoisotopic (exact) mass is 341 g/mol. The minimum absolute atomic E-state index is 0.0993. The molecule has 0 aliphatic carbocycles. The van der Waals surface area contributed by atoms with E-state index in [9.17, 15) is 14.4 Å². The number of fused-ring (bicyclic) bond motifs is 1. The van der Waals surface area contributed by atoms with E-state index in [-0.39, 0.29) is 24.1 Å². The van der Waals surface area contributed by atoms with Crippen molar-refractivity contribution in [3.05, 3.63) is 34.9 Å². The highest BCUT2D eigenvalue weighted by atomic mass is 16.2. The second-order valence-electron chi connectivity index (χ2n) is 7.48. The normalized spacial score (nSPS) is 27.4. The summed E-state index contributed by atoms with van der Waals surface area (Å²) < 4.78 is 0. The van der Waals surface area contributed by atoms with E-state index >= 15 is 0 Å². The molecular weight excluding hydrogens is 318 g/mol. The zero-order chi connectivity index (χ0) is 17.6. The lowest BCUT2D eigenvalue weighted by Crippen LogP contribution is -2.61. The fraction of sp³-hybridized carbons (Fsp3) is 0.526. The van der Waals surface area contributed by atoms with E-state index in [1.165, 1.54) is 5.56 Å². The third kappa shape index (κ3) is 2.65. The number of amides is 3. The third-order valence-corrected chi connectivity index (χ3v) is 5.93. The van der Waals surface area contributed by atoms with Crippen LogP contribution in [0.15, 0.2) is 18.2 Å². The molecule has 3 amide bonds. The second kappa shape index (κ2) is 5.95. The molecule has 3 aliphatic rings. The fourth-order valence-corrected chi connectivity index (χ4v) is 4.18. The summed E-state index contributed by atoms with van der Waals surface area (Å²) in [7, 11) is 0. The molecule has 1 unspecified atom stereocenters. The largest absolute Gasteiger partial charge is 0.320 e. The Kier molecular flexibility index (Phi) is 3.87. The standard InChI is InChI=1S/C19H23N3O3/c1-19(7-4-16(23)21-18(19)25)22-11-14-3-2-13(10-15(14)17(22)24)12-5-8-20-9-6-12/h2-3,10,12,20H,4-9,11H2,1H3,(H,21,23,25). The number of hydrogen-bond acceptors (Lipinski definition) is 4. The second-order valence-corrected chi connectivity index (χ2v) is 7.48. The number of nitrogens with zero attached hydrogens (tertiary/aromatic N) is 1. The molecule has 3 heterocycles. The summed E-state index contributed by atoms with van der Waals surface area (Å²) in [6.07, 6.45) is 2.80. The first-order valence-electron chi connectivity index (χ1n) is 8.99. The Balaban J connectivity index is 1.61. The zero-order valence-corrected chi connectivity index (χ0v) is 14.4. The minimum atomic E-state index is -0.959. The van der Waals surface area contributed by atoms with Gasteiger partial charge in [0, 0.05) is 18.5 Å². The van der Waals surface area contributed by atoms with Gasteiger partial charge >= 0.3 is 0 Å². The number of hydrogen-bond donors (Lipinski definition) is 2. The van der Waals surface area contributed by atoms with Crippen LogP contribution in [0.4, 0.5) is 0 Å². The summed E-state index contributed by atoms with van der Waals surface area (Å²) >= 11 is 0. The average molecular weight is 341 g/mol. The first-order valence-corrected chi connectivity index (χ1v) is 8.99. The number of carbonyl (C=O) groups is 3. The van der Waals surface area contributed by atoms with Gasteiger partial charge in [0.2, 0.25) is 5.91 Å². The fourth-order valence-electron chi connectivity index (χ4n) is 4.18. The van der Waals surface area contributed by atoms with Crippen molar-refractivity contribution in [1.82, 2.24) is 15.5 Å². The number of rotatable bonds is 2. The van der Waals surface area contributed by atoms with E-state index in [0.717, 1.165) is 31.5 Å². The number of imide groups is 1. The molecule has 3 aliphatic heterocycles. The lowest BCUT2D eigenvalue weighted by molar-refractivity contribution is -0.142. The third-order valence-electron chi connectivity index (χ3n) is 5.93. The van der Waals surface area contributed by atoms with Crippen LogP contribution in [0, 0.1) is 0 Å². The van der Waals surface area contributed by atoms with Crippen molar-refractivity contribution in [2.24, 2.45) is 0 Å². The molecule has 2 fully saturated rings. The predicted molar refractivity (Wildman–Crippen MR) is 91.9 cm³/mol. The van der Waals surface area contributed by atoms with E-state index in [4.69, 9.17) is 0 Å². The van der Waals surface area contributed by atoms with Gasteiger partial charge in [-0.2, -0.15) is 0 Å². The van der Waals surface area contributed by atoms with Gasteiger partial charge in [-0.05, 0) is 62.4 Å². The van der Waals surface area contributed by atoms with Gasteiger partial charge in [0.1, 0.15) is 5.54 Å². The summed E-state index contributed by atoms with van der Waals surface area (Å²) in [5, 5.41) is 5.74. The molecule has 6 heteroatoms. The van der Waals surface area contributed by atoms with E-state index in [1.54, 1.807) is 11.8 Å². The Bertz CT molecular complexity index is 754. The molecule has 25 heavy (non-hydrogen) atoms. The quantitative estimate of drug-likeness (QED) is 0.795. The van der Waals surface area contributed by atoms with Crippen LogP contribution < -0.4 is 10.6 Å². The van der Waals surface area contributed by atoms with Crippen LogP contribution in [0.25, 0.3) is 0 Å². The zero-order valence-electron chi connectivity index (χ0n) is 14.4. The van der Waals surface area contributed by atoms with Crippen molar-refractivity contribution in [3.63, 3.8) is 0 Å². The molecule has 1 atom stereocenters. The van der Waals surface area contributed by atoms with E-state index in [0.29, 0.717) is 24.4 Å². The van der Waals surface area contributed by atoms with Gasteiger partial charge in [-0.15, -0.1) is 0 Å². The lowest BCUT2D eigenvalue weighted by Gasteiger charge is -2.39. The Morgan fingerprint density at radius 2 is 1.92 bits per heavy atom. The Labute approximate surface area is 147 Å². The predicted octanol–water partition coefficient (Wildman–Crippen LogP) is 1.30. The van der Waals surface area contributed by atoms with Crippen molar-refractivity contribution in [1.29, 1.82) is 0 Å². The molecule has 1 aromatic rings. The van der Waals surface area contributed by atoms with Crippen molar-refractivity contribution in [3.8, 4) is 0 Å². The van der Waals surface area contributed by atoms with Crippen molar-refractivity contribution in [2.45, 2.75) is 50.6 Å². The van der Waals surface area contributed by atoms with E-state index < -0.39 is 5.54 Å². The molecule has 1 aromatic carbocycles. The molecule has 0 aromatic heterocycles. The van der Waals surface area contributed by atoms with Gasteiger partial charge in [-0.1, -0.05) is 12.1 Å². The first-order chi connectivity index (χ1) is 12.0. The maximum Gasteiger partial charge on any atom is 0.255 e. The summed E-state index contributed by atoms with van der Waals surface area (Å²) in [6.45, 7) is 4.20. The molecular formula is C19H23N3O3. The highest BCUT2D eigenvalue weighted by Crippen LogP contribution is 2.36. The van der Waals surface area contributed by atoms with Crippen molar-refractivity contribution >= 4 is 17.7 Å². The van der Waals surface area contributed by atoms with Crippen molar-refractivity contribution < 1.29 is 14.4 Å². The lowest BCUT2D eigenvalue weighted by atomic mass is 9.88. The van der Waals surface area contributed by atoms with Crippen LogP contribution in [-0.4, -0.2) is 41.2 Å². The van der Waals surface area contributed by atoms with Crippen molar-refractivity contribution in [2.75, 3.05) is 13.1 Å². The van der Waals surface area contributed by atoms with E-state index in [2.05, 4.69) is 16.7 Å². The maximum absolute atomic E-state index is 13.0. The summed E-state index contributed by atoms with van der Waals surface area (Å²) in [4.78, 5) is 38.5. The summed E-state index contributed by atoms with van der Waals surface area (Å²) in [6, 6.07) is 6.17. The van der Waals surface area contributed by atoms with Crippen LogP contribution in [0.3, 0.4) is 0 Å². The number of piperidine rings is 2. The average Bonchev–Trinajstić information content (AvgIpc) is 2.96. The summed E-state index contributed by atoms with van der Waals surface area (Å²) in [5.41, 5.74) is 1.93. The van der Waals surface area contributed by atoms with Gasteiger partial charge in [-0.25, -0.2) is 0 Å². The highest BCUT2D eigenvalue weighted by Gasteiger charge is 2.48. The molecule has 0 radical (unpaired) electrons. The Morgan fingerprint density at radius 3 is 2.64 bits per heavy atom. The molecule has 0 bridgehead atoms. The maximum atomic E-state index is 13.0. The van der Waals surface area contributed by atoms with Crippen LogP contribution in [0.1, 0.15) is 60.0 Å². The highest BCUT2D eigenvalue weighted by molar-refractivity contribution is 6.07. The SMILES string of the molecule is CC1(N2Cc3ccc(C4CCNCC4)cc3C2=O)CCC(=O)NC1=O. The molecule has 6 nitrogen and oxygen atoms in total. The molecule has 132 valence electrons. The van der Waals surface area contributed by atoms with Crippen LogP contribution in [-0.2, 0) is 16.1 Å². The van der Waals surface area contributed by atoms with Gasteiger partial charge in [0.25, 0.3) is 11.8 Å².